The van der Waals surface area contributed by atoms with E-state index in [4.69, 9.17) is 0 Å². The van der Waals surface area contributed by atoms with Gasteiger partial charge in [-0.25, -0.2) is 9.37 Å². The molecule has 1 N–H and O–H groups in total. The second-order valence-corrected chi connectivity index (χ2v) is 5.19. The number of aromatic nitrogens is 1. The van der Waals surface area contributed by atoms with Crippen molar-refractivity contribution in [3.8, 4) is 0 Å². The molecule has 1 heterocycles. The number of thiazole rings is 1. The molecule has 17 heavy (non-hydrogen) atoms. The maximum Gasteiger partial charge on any atom is 0.128 e. The zero-order valence-electron chi connectivity index (χ0n) is 9.27. The molecule has 0 spiro atoms. The molecular formula is C13H13FN2S. The number of halogens is 1. The lowest BCUT2D eigenvalue weighted by atomic mass is 10.1. The van der Waals surface area contributed by atoms with Crippen molar-refractivity contribution in [2.45, 2.75) is 24.9 Å². The third kappa shape index (κ3) is 2.37. The van der Waals surface area contributed by atoms with Gasteiger partial charge in [0.15, 0.2) is 0 Å². The summed E-state index contributed by atoms with van der Waals surface area (Å²) in [7, 11) is 0. The van der Waals surface area contributed by atoms with Crippen molar-refractivity contribution in [3.63, 3.8) is 0 Å². The molecule has 2 nitrogen and oxygen atoms in total. The minimum absolute atomic E-state index is 0.108. The Morgan fingerprint density at radius 3 is 2.82 bits per heavy atom. The van der Waals surface area contributed by atoms with E-state index >= 15 is 0 Å². The van der Waals surface area contributed by atoms with E-state index in [1.54, 1.807) is 23.6 Å². The number of hydrogen-bond donors (Lipinski definition) is 1. The molecule has 1 aliphatic carbocycles. The fraction of sp³-hybridized carbons (Fsp3) is 0.308. The molecule has 88 valence electrons. The summed E-state index contributed by atoms with van der Waals surface area (Å²) in [4.78, 5) is 4.30. The van der Waals surface area contributed by atoms with Crippen LogP contribution >= 0.6 is 11.3 Å². The van der Waals surface area contributed by atoms with E-state index in [1.165, 1.54) is 18.9 Å². The lowest BCUT2D eigenvalue weighted by Gasteiger charge is -2.17. The highest BCUT2D eigenvalue weighted by atomic mass is 32.1. The minimum Gasteiger partial charge on any atom is -0.301 e. The summed E-state index contributed by atoms with van der Waals surface area (Å²) in [5, 5.41) is 6.32. The molecular weight excluding hydrogens is 235 g/mol. The average molecular weight is 248 g/mol. The van der Waals surface area contributed by atoms with Gasteiger partial charge >= 0.3 is 0 Å². The van der Waals surface area contributed by atoms with Crippen LogP contribution in [0.1, 0.15) is 29.5 Å². The Kier molecular flexibility index (Phi) is 2.91. The zero-order valence-corrected chi connectivity index (χ0v) is 10.1. The normalized spacial score (nSPS) is 17.0. The first-order valence-corrected chi connectivity index (χ1v) is 6.62. The Morgan fingerprint density at radius 2 is 2.18 bits per heavy atom. The van der Waals surface area contributed by atoms with Gasteiger partial charge in [-0.1, -0.05) is 18.2 Å². The van der Waals surface area contributed by atoms with Crippen LogP contribution in [0.5, 0.6) is 0 Å². The van der Waals surface area contributed by atoms with Gasteiger partial charge in [-0.05, 0) is 18.9 Å². The molecule has 1 aromatic heterocycles. The fourth-order valence-electron chi connectivity index (χ4n) is 1.87. The van der Waals surface area contributed by atoms with Gasteiger partial charge in [-0.2, -0.15) is 0 Å². The average Bonchev–Trinajstić information content (AvgIpc) is 3.00. The van der Waals surface area contributed by atoms with Gasteiger partial charge in [-0.3, -0.25) is 0 Å². The number of rotatable bonds is 4. The first kappa shape index (κ1) is 10.9. The van der Waals surface area contributed by atoms with Crippen LogP contribution in [0.25, 0.3) is 0 Å². The van der Waals surface area contributed by atoms with Crippen LogP contribution in [0.15, 0.2) is 35.8 Å². The van der Waals surface area contributed by atoms with Gasteiger partial charge < -0.3 is 5.32 Å². The van der Waals surface area contributed by atoms with Gasteiger partial charge in [0.1, 0.15) is 10.8 Å². The van der Waals surface area contributed by atoms with Crippen molar-refractivity contribution < 1.29 is 4.39 Å². The predicted octanol–water partition coefficient (Wildman–Crippen LogP) is 3.12. The second kappa shape index (κ2) is 4.55. The monoisotopic (exact) mass is 248 g/mol. The number of benzene rings is 1. The van der Waals surface area contributed by atoms with E-state index < -0.39 is 0 Å². The Labute approximate surface area is 104 Å². The topological polar surface area (TPSA) is 24.9 Å². The number of nitrogens with zero attached hydrogens (tertiary/aromatic N) is 1. The van der Waals surface area contributed by atoms with E-state index in [-0.39, 0.29) is 11.9 Å². The summed E-state index contributed by atoms with van der Waals surface area (Å²) >= 11 is 1.56. The van der Waals surface area contributed by atoms with Gasteiger partial charge in [-0.15, -0.1) is 11.3 Å². The highest BCUT2D eigenvalue weighted by Gasteiger charge is 2.28. The van der Waals surface area contributed by atoms with Crippen molar-refractivity contribution in [3.05, 3.63) is 52.2 Å². The standard InChI is InChI=1S/C13H13FN2S/c14-11-4-2-1-3-10(11)12(16-9-5-6-9)13-15-7-8-17-13/h1-4,7-9,12,16H,5-6H2. The van der Waals surface area contributed by atoms with Crippen LogP contribution in [0.3, 0.4) is 0 Å². The number of nitrogens with one attached hydrogen (secondary N) is 1. The van der Waals surface area contributed by atoms with Crippen LogP contribution in [0, 0.1) is 5.82 Å². The molecule has 0 radical (unpaired) electrons. The molecule has 1 atom stereocenters. The quantitative estimate of drug-likeness (QED) is 0.899. The van der Waals surface area contributed by atoms with E-state index in [2.05, 4.69) is 10.3 Å². The van der Waals surface area contributed by atoms with Crippen molar-refractivity contribution in [2.24, 2.45) is 0 Å². The molecule has 0 amide bonds. The molecule has 1 saturated carbocycles. The maximum atomic E-state index is 13.8. The van der Waals surface area contributed by atoms with Crippen LogP contribution < -0.4 is 5.32 Å². The molecule has 0 saturated heterocycles. The molecule has 1 aromatic carbocycles. The van der Waals surface area contributed by atoms with Gasteiger partial charge in [0.2, 0.25) is 0 Å². The van der Waals surface area contributed by atoms with Crippen LogP contribution in [0.4, 0.5) is 4.39 Å². The molecule has 4 heteroatoms. The summed E-state index contributed by atoms with van der Waals surface area (Å²) in [5.41, 5.74) is 0.689. The minimum atomic E-state index is -0.166. The lowest BCUT2D eigenvalue weighted by molar-refractivity contribution is 0.544. The fourth-order valence-corrected chi connectivity index (χ4v) is 2.58. The van der Waals surface area contributed by atoms with E-state index in [0.29, 0.717) is 11.6 Å². The largest absolute Gasteiger partial charge is 0.301 e. The van der Waals surface area contributed by atoms with Gasteiger partial charge in [0.05, 0.1) is 6.04 Å². The van der Waals surface area contributed by atoms with Crippen molar-refractivity contribution >= 4 is 11.3 Å². The summed E-state index contributed by atoms with van der Waals surface area (Å²) in [6.45, 7) is 0. The molecule has 0 bridgehead atoms. The molecule has 0 aliphatic heterocycles. The summed E-state index contributed by atoms with van der Waals surface area (Å²) < 4.78 is 13.8. The van der Waals surface area contributed by atoms with E-state index in [1.807, 2.05) is 17.5 Å². The third-order valence-corrected chi connectivity index (χ3v) is 3.73. The third-order valence-electron chi connectivity index (χ3n) is 2.89. The Balaban J connectivity index is 1.95. The summed E-state index contributed by atoms with van der Waals surface area (Å²) in [6.07, 6.45) is 4.12. The Hall–Kier alpha value is -1.26. The van der Waals surface area contributed by atoms with Crippen molar-refractivity contribution in [1.29, 1.82) is 0 Å². The smallest absolute Gasteiger partial charge is 0.128 e. The van der Waals surface area contributed by atoms with Crippen LogP contribution in [-0.4, -0.2) is 11.0 Å². The first-order valence-electron chi connectivity index (χ1n) is 5.74. The van der Waals surface area contributed by atoms with Crippen LogP contribution in [0.2, 0.25) is 0 Å². The second-order valence-electron chi connectivity index (χ2n) is 4.27. The van der Waals surface area contributed by atoms with Crippen molar-refractivity contribution in [2.75, 3.05) is 0 Å². The summed E-state index contributed by atoms with van der Waals surface area (Å²) in [6, 6.07) is 7.33. The zero-order chi connectivity index (χ0) is 11.7. The van der Waals surface area contributed by atoms with Gasteiger partial charge in [0, 0.05) is 23.2 Å². The van der Waals surface area contributed by atoms with Gasteiger partial charge in [0.25, 0.3) is 0 Å². The SMILES string of the molecule is Fc1ccccc1C(NC1CC1)c1nccs1. The van der Waals surface area contributed by atoms with E-state index in [0.717, 1.165) is 5.01 Å². The molecule has 1 unspecified atom stereocenters. The van der Waals surface area contributed by atoms with E-state index in [9.17, 15) is 4.39 Å². The molecule has 1 fully saturated rings. The summed E-state index contributed by atoms with van der Waals surface area (Å²) in [5.74, 6) is -0.166. The predicted molar refractivity (Wildman–Crippen MR) is 66.5 cm³/mol. The Bertz CT molecular complexity index is 494. The highest BCUT2D eigenvalue weighted by Crippen LogP contribution is 2.30. The molecule has 1 aliphatic rings. The Morgan fingerprint density at radius 1 is 1.35 bits per heavy atom. The van der Waals surface area contributed by atoms with Crippen LogP contribution in [-0.2, 0) is 0 Å². The van der Waals surface area contributed by atoms with Crippen molar-refractivity contribution in [1.82, 2.24) is 10.3 Å². The molecule has 2 aromatic rings. The lowest BCUT2D eigenvalue weighted by Crippen LogP contribution is -2.25. The maximum absolute atomic E-state index is 13.8. The molecule has 3 rings (SSSR count). The highest BCUT2D eigenvalue weighted by molar-refractivity contribution is 7.09. The number of hydrogen-bond acceptors (Lipinski definition) is 3. The first-order chi connectivity index (χ1) is 8.34.